The number of rotatable bonds is 6. The van der Waals surface area contributed by atoms with Gasteiger partial charge in [-0.05, 0) is 25.6 Å². The van der Waals surface area contributed by atoms with Crippen molar-refractivity contribution in [3.05, 3.63) is 29.8 Å². The van der Waals surface area contributed by atoms with Crippen LogP contribution in [0.1, 0.15) is 6.42 Å². The molecule has 3 nitrogen and oxygen atoms in total. The maximum atomic E-state index is 13.1. The molecule has 0 aliphatic heterocycles. The Hall–Kier alpha value is -1.20. The molecule has 0 aromatic heterocycles. The van der Waals surface area contributed by atoms with Gasteiger partial charge in [0, 0.05) is 6.04 Å². The molecule has 1 aromatic carbocycles. The Labute approximate surface area is 93.0 Å². The highest BCUT2D eigenvalue weighted by molar-refractivity contribution is 5.24. The van der Waals surface area contributed by atoms with Crippen molar-refractivity contribution in [2.45, 2.75) is 12.5 Å². The Bertz CT molecular complexity index is 330. The molecule has 0 fully saturated rings. The molecule has 0 saturated carbocycles. The Morgan fingerprint density at radius 3 is 2.81 bits per heavy atom. The third kappa shape index (κ3) is 3.43. The molecule has 0 heterocycles. The minimum Gasteiger partial charge on any atom is -0.490 e. The van der Waals surface area contributed by atoms with Crippen LogP contribution in [0, 0.1) is 11.6 Å². The maximum absolute atomic E-state index is 13.1. The van der Waals surface area contributed by atoms with Crippen LogP contribution in [0.25, 0.3) is 0 Å². The molecule has 0 saturated heterocycles. The summed E-state index contributed by atoms with van der Waals surface area (Å²) in [5.74, 6) is -2.01. The second-order valence-corrected chi connectivity index (χ2v) is 3.36. The molecular formula is C11H15F2NO2. The molecule has 0 spiro atoms. The molecule has 1 rings (SSSR count). The van der Waals surface area contributed by atoms with Gasteiger partial charge in [0.05, 0.1) is 13.2 Å². The molecule has 1 atom stereocenters. The van der Waals surface area contributed by atoms with E-state index < -0.39 is 11.6 Å². The summed E-state index contributed by atoms with van der Waals surface area (Å²) in [6, 6.07) is 3.68. The zero-order valence-electron chi connectivity index (χ0n) is 9.04. The summed E-state index contributed by atoms with van der Waals surface area (Å²) < 4.78 is 31.0. The van der Waals surface area contributed by atoms with E-state index >= 15 is 0 Å². The zero-order valence-corrected chi connectivity index (χ0v) is 9.04. The number of likely N-dealkylation sites (N-methyl/N-ethyl adjacent to an activating group) is 1. The quantitative estimate of drug-likeness (QED) is 0.775. The first-order chi connectivity index (χ1) is 7.69. The number of aliphatic hydroxyl groups excluding tert-OH is 1. The highest BCUT2D eigenvalue weighted by atomic mass is 19.2. The minimum absolute atomic E-state index is 0.0223. The average molecular weight is 231 g/mol. The summed E-state index contributed by atoms with van der Waals surface area (Å²) >= 11 is 0. The normalized spacial score (nSPS) is 12.5. The summed E-state index contributed by atoms with van der Waals surface area (Å²) in [7, 11) is 1.71. The van der Waals surface area contributed by atoms with Crippen molar-refractivity contribution in [2.75, 3.05) is 20.3 Å². The lowest BCUT2D eigenvalue weighted by Gasteiger charge is -2.13. The van der Waals surface area contributed by atoms with E-state index in [1.807, 2.05) is 0 Å². The van der Waals surface area contributed by atoms with Gasteiger partial charge in [-0.3, -0.25) is 0 Å². The fourth-order valence-electron chi connectivity index (χ4n) is 1.23. The lowest BCUT2D eigenvalue weighted by molar-refractivity contribution is 0.210. The molecule has 2 N–H and O–H groups in total. The Morgan fingerprint density at radius 1 is 1.44 bits per heavy atom. The Morgan fingerprint density at radius 2 is 2.19 bits per heavy atom. The predicted molar refractivity (Wildman–Crippen MR) is 56.4 cm³/mol. The van der Waals surface area contributed by atoms with E-state index in [9.17, 15) is 8.78 Å². The first kappa shape index (κ1) is 12.9. The van der Waals surface area contributed by atoms with Gasteiger partial charge in [-0.15, -0.1) is 0 Å². The van der Waals surface area contributed by atoms with Crippen LogP contribution in [0.3, 0.4) is 0 Å². The first-order valence-corrected chi connectivity index (χ1v) is 5.04. The van der Waals surface area contributed by atoms with Gasteiger partial charge in [0.15, 0.2) is 11.6 Å². The van der Waals surface area contributed by atoms with E-state index in [2.05, 4.69) is 5.32 Å². The summed E-state index contributed by atoms with van der Waals surface area (Å²) in [5.41, 5.74) is 0. The van der Waals surface area contributed by atoms with Crippen LogP contribution < -0.4 is 10.1 Å². The number of hydrogen-bond acceptors (Lipinski definition) is 3. The smallest absolute Gasteiger partial charge is 0.200 e. The average Bonchev–Trinajstić information content (AvgIpc) is 2.30. The first-order valence-electron chi connectivity index (χ1n) is 5.04. The second kappa shape index (κ2) is 6.40. The van der Waals surface area contributed by atoms with Crippen LogP contribution in [0.5, 0.6) is 5.75 Å². The lowest BCUT2D eigenvalue weighted by Crippen LogP contribution is -2.30. The van der Waals surface area contributed by atoms with E-state index in [-0.39, 0.29) is 25.0 Å². The van der Waals surface area contributed by atoms with Crippen LogP contribution in [0.2, 0.25) is 0 Å². The third-order valence-electron chi connectivity index (χ3n) is 2.27. The Kier molecular flexibility index (Phi) is 5.14. The number of hydrogen-bond donors (Lipinski definition) is 2. The molecule has 0 amide bonds. The summed E-state index contributed by atoms with van der Waals surface area (Å²) in [6.07, 6.45) is 0.517. The zero-order chi connectivity index (χ0) is 12.0. The van der Waals surface area contributed by atoms with E-state index in [1.54, 1.807) is 7.05 Å². The van der Waals surface area contributed by atoms with Crippen molar-refractivity contribution < 1.29 is 18.6 Å². The largest absolute Gasteiger partial charge is 0.490 e. The van der Waals surface area contributed by atoms with Gasteiger partial charge in [-0.25, -0.2) is 4.39 Å². The molecular weight excluding hydrogens is 216 g/mol. The van der Waals surface area contributed by atoms with E-state index in [0.717, 1.165) is 6.07 Å². The maximum Gasteiger partial charge on any atom is 0.200 e. The number of ether oxygens (including phenoxy) is 1. The monoisotopic (exact) mass is 231 g/mol. The van der Waals surface area contributed by atoms with Crippen LogP contribution in [0.15, 0.2) is 18.2 Å². The molecule has 1 aromatic rings. The van der Waals surface area contributed by atoms with Gasteiger partial charge in [0.2, 0.25) is 5.82 Å². The number of nitrogens with one attached hydrogen (secondary N) is 1. The molecule has 1 unspecified atom stereocenters. The fraction of sp³-hybridized carbons (Fsp3) is 0.455. The summed E-state index contributed by atoms with van der Waals surface area (Å²) in [6.45, 7) is 0.192. The third-order valence-corrected chi connectivity index (χ3v) is 2.27. The summed E-state index contributed by atoms with van der Waals surface area (Å²) in [5, 5.41) is 11.7. The molecule has 5 heteroatoms. The van der Waals surface area contributed by atoms with Crippen molar-refractivity contribution in [1.82, 2.24) is 5.32 Å². The van der Waals surface area contributed by atoms with Gasteiger partial charge < -0.3 is 15.2 Å². The highest BCUT2D eigenvalue weighted by Crippen LogP contribution is 2.19. The number of benzene rings is 1. The van der Waals surface area contributed by atoms with Gasteiger partial charge in [0.1, 0.15) is 0 Å². The van der Waals surface area contributed by atoms with Gasteiger partial charge in [-0.2, -0.15) is 4.39 Å². The van der Waals surface area contributed by atoms with Crippen molar-refractivity contribution in [3.8, 4) is 5.75 Å². The van der Waals surface area contributed by atoms with E-state index in [1.165, 1.54) is 12.1 Å². The van der Waals surface area contributed by atoms with Gasteiger partial charge >= 0.3 is 0 Å². The van der Waals surface area contributed by atoms with Gasteiger partial charge in [0.25, 0.3) is 0 Å². The fourth-order valence-corrected chi connectivity index (χ4v) is 1.23. The molecule has 0 aliphatic carbocycles. The minimum atomic E-state index is -0.979. The van der Waals surface area contributed by atoms with Crippen LogP contribution in [-0.4, -0.2) is 31.4 Å². The SMILES string of the molecule is CNC(CO)CCOc1cccc(F)c1F. The van der Waals surface area contributed by atoms with Crippen molar-refractivity contribution in [2.24, 2.45) is 0 Å². The van der Waals surface area contributed by atoms with Gasteiger partial charge in [-0.1, -0.05) is 6.07 Å². The number of aliphatic hydroxyl groups is 1. The molecule has 0 radical (unpaired) electrons. The standard InChI is InChI=1S/C11H15F2NO2/c1-14-8(7-15)5-6-16-10-4-2-3-9(12)11(10)13/h2-4,8,14-15H,5-7H2,1H3. The van der Waals surface area contributed by atoms with Crippen LogP contribution in [0.4, 0.5) is 8.78 Å². The molecule has 0 bridgehead atoms. The lowest BCUT2D eigenvalue weighted by atomic mass is 10.2. The van der Waals surface area contributed by atoms with E-state index in [0.29, 0.717) is 6.42 Å². The van der Waals surface area contributed by atoms with Crippen LogP contribution >= 0.6 is 0 Å². The van der Waals surface area contributed by atoms with Crippen molar-refractivity contribution in [1.29, 1.82) is 0 Å². The second-order valence-electron chi connectivity index (χ2n) is 3.36. The van der Waals surface area contributed by atoms with E-state index in [4.69, 9.17) is 9.84 Å². The topological polar surface area (TPSA) is 41.5 Å². The Balaban J connectivity index is 2.46. The molecule has 16 heavy (non-hydrogen) atoms. The van der Waals surface area contributed by atoms with Crippen LogP contribution in [-0.2, 0) is 0 Å². The summed E-state index contributed by atoms with van der Waals surface area (Å²) in [4.78, 5) is 0. The predicted octanol–water partition coefficient (Wildman–Crippen LogP) is 1.31. The van der Waals surface area contributed by atoms with Crippen molar-refractivity contribution >= 4 is 0 Å². The molecule has 0 aliphatic rings. The highest BCUT2D eigenvalue weighted by Gasteiger charge is 2.09. The van der Waals surface area contributed by atoms with Crippen molar-refractivity contribution in [3.63, 3.8) is 0 Å². The molecule has 90 valence electrons. The number of halogens is 2.